The van der Waals surface area contributed by atoms with Crippen LogP contribution < -0.4 is 14.8 Å². The van der Waals surface area contributed by atoms with Gasteiger partial charge in [0.1, 0.15) is 5.76 Å². The summed E-state index contributed by atoms with van der Waals surface area (Å²) in [7, 11) is 6.87. The van der Waals surface area contributed by atoms with E-state index in [1.165, 1.54) is 6.26 Å². The van der Waals surface area contributed by atoms with Crippen molar-refractivity contribution in [2.75, 3.05) is 61.2 Å². The lowest BCUT2D eigenvalue weighted by Crippen LogP contribution is -2.32. The lowest BCUT2D eigenvalue weighted by Gasteiger charge is -2.22. The number of rotatable bonds is 14. The molecule has 1 aromatic rings. The number of hydrogen-bond donors (Lipinski definition) is 1. The second kappa shape index (κ2) is 18.3. The summed E-state index contributed by atoms with van der Waals surface area (Å²) < 4.78 is 21.1. The van der Waals surface area contributed by atoms with Crippen molar-refractivity contribution in [2.45, 2.75) is 46.1 Å². The third-order valence-corrected chi connectivity index (χ3v) is 6.26. The van der Waals surface area contributed by atoms with E-state index in [4.69, 9.17) is 18.9 Å². The van der Waals surface area contributed by atoms with Crippen molar-refractivity contribution in [2.24, 2.45) is 5.92 Å². The number of nitrogens with one attached hydrogen (secondary N) is 1. The van der Waals surface area contributed by atoms with Gasteiger partial charge in [-0.2, -0.15) is 0 Å². The zero-order valence-electron chi connectivity index (χ0n) is 24.2. The highest BCUT2D eigenvalue weighted by atomic mass is 16.5. The Labute approximate surface area is 228 Å². The first-order valence-corrected chi connectivity index (χ1v) is 13.1. The summed E-state index contributed by atoms with van der Waals surface area (Å²) >= 11 is 0. The molecule has 1 saturated heterocycles. The first-order chi connectivity index (χ1) is 18.2. The van der Waals surface area contributed by atoms with Crippen LogP contribution >= 0.6 is 0 Å². The van der Waals surface area contributed by atoms with Gasteiger partial charge in [0.15, 0.2) is 11.5 Å². The molecule has 0 saturated carbocycles. The van der Waals surface area contributed by atoms with Gasteiger partial charge in [-0.25, -0.2) is 0 Å². The largest absolute Gasteiger partial charge is 0.493 e. The maximum atomic E-state index is 12.3. The van der Waals surface area contributed by atoms with Gasteiger partial charge in [0.2, 0.25) is 5.91 Å². The molecule has 1 aromatic carbocycles. The number of carbonyl (C=O) groups excluding carboxylic acids is 2. The molecule has 1 aliphatic rings. The Morgan fingerprint density at radius 3 is 2.47 bits per heavy atom. The number of amides is 2. The topological polar surface area (TPSA) is 89.6 Å². The van der Waals surface area contributed by atoms with Crippen molar-refractivity contribution < 1.29 is 28.5 Å². The Morgan fingerprint density at radius 2 is 1.92 bits per heavy atom. The average Bonchev–Trinajstić information content (AvgIpc) is 3.43. The minimum absolute atomic E-state index is 0.0330. The summed E-state index contributed by atoms with van der Waals surface area (Å²) in [6.45, 7) is 13.3. The van der Waals surface area contributed by atoms with Gasteiger partial charge < -0.3 is 34.1 Å². The van der Waals surface area contributed by atoms with Gasteiger partial charge in [-0.05, 0) is 70.5 Å². The Kier molecular flexibility index (Phi) is 15.8. The molecule has 1 unspecified atom stereocenters. The molecule has 38 heavy (non-hydrogen) atoms. The molecule has 1 atom stereocenters. The minimum atomic E-state index is -0.0330. The second-order valence-corrected chi connectivity index (χ2v) is 9.42. The maximum absolute atomic E-state index is 12.3. The van der Waals surface area contributed by atoms with Gasteiger partial charge in [0.05, 0.1) is 26.4 Å². The van der Waals surface area contributed by atoms with Crippen molar-refractivity contribution in [3.8, 4) is 11.5 Å². The number of ether oxygens (including phenoxy) is 4. The first kappa shape index (κ1) is 33.0. The second-order valence-electron chi connectivity index (χ2n) is 9.42. The van der Waals surface area contributed by atoms with Crippen molar-refractivity contribution in [3.05, 3.63) is 48.4 Å². The van der Waals surface area contributed by atoms with Crippen molar-refractivity contribution in [1.82, 2.24) is 15.1 Å². The maximum Gasteiger partial charge on any atom is 0.253 e. The van der Waals surface area contributed by atoms with Crippen LogP contribution in [0.2, 0.25) is 0 Å². The predicted molar refractivity (Wildman–Crippen MR) is 150 cm³/mol. The van der Waals surface area contributed by atoms with Crippen LogP contribution in [0.5, 0.6) is 11.5 Å². The summed E-state index contributed by atoms with van der Waals surface area (Å²) in [6.07, 6.45) is 5.38. The lowest BCUT2D eigenvalue weighted by atomic mass is 10.1. The SMILES string of the molecule is C=CO/C(=C\C)CC(=O)N(C)CC1CCNC1.COCCCOc1cc(C(=O)N(C)C(C)C)ccc1OC. The molecule has 0 aromatic heterocycles. The van der Waals surface area contributed by atoms with Gasteiger partial charge in [0.25, 0.3) is 5.91 Å². The molecule has 0 radical (unpaired) electrons. The van der Waals surface area contributed by atoms with Crippen LogP contribution in [0.1, 0.15) is 50.4 Å². The quantitative estimate of drug-likeness (QED) is 0.284. The van der Waals surface area contributed by atoms with Gasteiger partial charge in [-0.15, -0.1) is 0 Å². The molecule has 0 spiro atoms. The van der Waals surface area contributed by atoms with E-state index in [9.17, 15) is 9.59 Å². The highest BCUT2D eigenvalue weighted by Gasteiger charge is 2.20. The Morgan fingerprint density at radius 1 is 1.18 bits per heavy atom. The molecule has 1 aliphatic heterocycles. The predicted octanol–water partition coefficient (Wildman–Crippen LogP) is 4.10. The first-order valence-electron chi connectivity index (χ1n) is 13.1. The van der Waals surface area contributed by atoms with Crippen LogP contribution in [0.3, 0.4) is 0 Å². The van der Waals surface area contributed by atoms with Crippen LogP contribution in [0.4, 0.5) is 0 Å². The van der Waals surface area contributed by atoms with Gasteiger partial charge in [0, 0.05) is 52.4 Å². The molecule has 214 valence electrons. The Balaban J connectivity index is 0.000000389. The van der Waals surface area contributed by atoms with Crippen LogP contribution in [-0.2, 0) is 14.3 Å². The Hall–Kier alpha value is -3.04. The fourth-order valence-electron chi connectivity index (χ4n) is 3.71. The van der Waals surface area contributed by atoms with Gasteiger partial charge >= 0.3 is 0 Å². The molecule has 1 N–H and O–H groups in total. The molecule has 1 fully saturated rings. The average molecular weight is 534 g/mol. The van der Waals surface area contributed by atoms with E-state index in [-0.39, 0.29) is 17.9 Å². The molecule has 2 amide bonds. The molecular formula is C29H47N3O6. The lowest BCUT2D eigenvalue weighted by molar-refractivity contribution is -0.130. The number of nitrogens with zero attached hydrogens (tertiary/aromatic N) is 2. The zero-order valence-corrected chi connectivity index (χ0v) is 24.2. The van der Waals surface area contributed by atoms with E-state index < -0.39 is 0 Å². The molecule has 2 rings (SSSR count). The summed E-state index contributed by atoms with van der Waals surface area (Å²) in [5, 5.41) is 3.30. The highest BCUT2D eigenvalue weighted by molar-refractivity contribution is 5.95. The zero-order chi connectivity index (χ0) is 28.5. The molecule has 9 nitrogen and oxygen atoms in total. The molecular weight excluding hydrogens is 486 g/mol. The number of carbonyl (C=O) groups is 2. The minimum Gasteiger partial charge on any atom is -0.493 e. The van der Waals surface area contributed by atoms with Crippen LogP contribution in [0.15, 0.2) is 42.9 Å². The van der Waals surface area contributed by atoms with E-state index >= 15 is 0 Å². The number of hydrogen-bond acceptors (Lipinski definition) is 7. The monoisotopic (exact) mass is 533 g/mol. The van der Waals surface area contributed by atoms with Crippen LogP contribution in [-0.4, -0.2) is 88.8 Å². The smallest absolute Gasteiger partial charge is 0.253 e. The van der Waals surface area contributed by atoms with E-state index in [0.29, 0.717) is 48.4 Å². The van der Waals surface area contributed by atoms with Gasteiger partial charge in [-0.1, -0.05) is 6.58 Å². The van der Waals surface area contributed by atoms with Crippen molar-refractivity contribution >= 4 is 11.8 Å². The van der Waals surface area contributed by atoms with E-state index in [0.717, 1.165) is 32.5 Å². The highest BCUT2D eigenvalue weighted by Crippen LogP contribution is 2.28. The van der Waals surface area contributed by atoms with Crippen LogP contribution in [0, 0.1) is 5.92 Å². The fourth-order valence-corrected chi connectivity index (χ4v) is 3.71. The molecule has 0 bridgehead atoms. The Bertz CT molecular complexity index is 896. The summed E-state index contributed by atoms with van der Waals surface area (Å²) in [5.74, 6) is 2.49. The van der Waals surface area contributed by atoms with E-state index in [1.54, 1.807) is 55.3 Å². The number of allylic oxidation sites excluding steroid dienone is 1. The van der Waals surface area contributed by atoms with E-state index in [1.807, 2.05) is 27.8 Å². The van der Waals surface area contributed by atoms with Crippen LogP contribution in [0.25, 0.3) is 0 Å². The standard InChI is InChI=1S/C16H25NO4.C13H22N2O2/c1-12(2)17(3)16(18)13-7-8-14(20-5)15(11-13)21-10-6-9-19-4;1-4-12(17-5-2)8-13(16)15(3)10-11-6-7-14-9-11/h7-8,11-12H,6,9-10H2,1-5H3;4-5,11,14H,2,6-10H2,1,3H3/b;12-4-. The summed E-state index contributed by atoms with van der Waals surface area (Å²) in [4.78, 5) is 27.7. The number of benzene rings is 1. The molecule has 1 heterocycles. The molecule has 0 aliphatic carbocycles. The fraction of sp³-hybridized carbons (Fsp3) is 0.586. The number of methoxy groups -OCH3 is 2. The molecule has 9 heteroatoms. The third kappa shape index (κ3) is 11.6. The van der Waals surface area contributed by atoms with Crippen molar-refractivity contribution in [1.29, 1.82) is 0 Å². The van der Waals surface area contributed by atoms with Gasteiger partial charge in [-0.3, -0.25) is 9.59 Å². The third-order valence-electron chi connectivity index (χ3n) is 6.26. The summed E-state index contributed by atoms with van der Waals surface area (Å²) in [5.41, 5.74) is 0.591. The van der Waals surface area contributed by atoms with Crippen molar-refractivity contribution in [3.63, 3.8) is 0 Å². The summed E-state index contributed by atoms with van der Waals surface area (Å²) in [6, 6.07) is 5.38. The van der Waals surface area contributed by atoms with E-state index in [2.05, 4.69) is 11.9 Å². The normalized spacial score (nSPS) is 14.8.